The molecule has 194 valence electrons. The van der Waals surface area contributed by atoms with E-state index in [0.29, 0.717) is 16.8 Å². The third-order valence-corrected chi connectivity index (χ3v) is 7.01. The number of carbonyl (C=O) groups excluding carboxylic acids is 1. The van der Waals surface area contributed by atoms with Gasteiger partial charge in [0, 0.05) is 58.0 Å². The zero-order chi connectivity index (χ0) is 27.6. The summed E-state index contributed by atoms with van der Waals surface area (Å²) < 4.78 is 1.88. The summed E-state index contributed by atoms with van der Waals surface area (Å²) in [5.74, 6) is -0.0972. The number of rotatable bonds is 6. The number of fused-ring (bicyclic) bond motifs is 1. The molecule has 7 nitrogen and oxygen atoms in total. The molecule has 7 heteroatoms. The highest BCUT2D eigenvalue weighted by atomic mass is 16.1. The second kappa shape index (κ2) is 10.4. The minimum absolute atomic E-state index is 0.0972. The molecule has 0 saturated carbocycles. The smallest absolute Gasteiger partial charge is 0.195 e. The predicted molar refractivity (Wildman–Crippen MR) is 158 cm³/mol. The zero-order valence-electron chi connectivity index (χ0n) is 21.8. The van der Waals surface area contributed by atoms with E-state index in [9.17, 15) is 4.79 Å². The SMILES string of the molecule is O=C(c1ccccc1)c1cc(-c2cncnc2)ccc1-n1nc2ccc(-c3cncnc3)cc2c1-c1ccccc1. The van der Waals surface area contributed by atoms with Gasteiger partial charge in [0.1, 0.15) is 12.7 Å². The Morgan fingerprint density at radius 2 is 1.15 bits per heavy atom. The van der Waals surface area contributed by atoms with Gasteiger partial charge in [0.05, 0.1) is 16.9 Å². The fraction of sp³-hybridized carbons (Fsp3) is 0. The van der Waals surface area contributed by atoms with Gasteiger partial charge in [0.25, 0.3) is 0 Å². The van der Waals surface area contributed by atoms with Gasteiger partial charge < -0.3 is 0 Å². The molecule has 0 fully saturated rings. The van der Waals surface area contributed by atoms with Crippen molar-refractivity contribution in [3.63, 3.8) is 0 Å². The molecule has 3 aromatic heterocycles. The van der Waals surface area contributed by atoms with Gasteiger partial charge in [-0.2, -0.15) is 5.10 Å². The van der Waals surface area contributed by atoms with Crippen LogP contribution in [-0.4, -0.2) is 35.5 Å². The van der Waals surface area contributed by atoms with E-state index in [-0.39, 0.29) is 5.78 Å². The van der Waals surface area contributed by atoms with Crippen molar-refractivity contribution in [2.45, 2.75) is 0 Å². The van der Waals surface area contributed by atoms with E-state index in [1.54, 1.807) is 24.8 Å². The molecular weight excluding hydrogens is 508 g/mol. The van der Waals surface area contributed by atoms with Crippen LogP contribution < -0.4 is 0 Å². The molecule has 0 aliphatic heterocycles. The van der Waals surface area contributed by atoms with Crippen LogP contribution in [0.4, 0.5) is 0 Å². The minimum Gasteiger partial charge on any atom is -0.289 e. The van der Waals surface area contributed by atoms with Crippen molar-refractivity contribution in [3.05, 3.63) is 146 Å². The maximum atomic E-state index is 14.0. The number of benzene rings is 4. The third kappa shape index (κ3) is 4.55. The molecule has 0 N–H and O–H groups in total. The molecule has 0 bridgehead atoms. The second-order valence-electron chi connectivity index (χ2n) is 9.54. The van der Waals surface area contributed by atoms with E-state index in [1.165, 1.54) is 12.7 Å². The van der Waals surface area contributed by atoms with Crippen LogP contribution >= 0.6 is 0 Å². The Bertz CT molecular complexity index is 1990. The number of carbonyl (C=O) groups is 1. The van der Waals surface area contributed by atoms with Gasteiger partial charge >= 0.3 is 0 Å². The molecule has 41 heavy (non-hydrogen) atoms. The highest BCUT2D eigenvalue weighted by Gasteiger charge is 2.22. The van der Waals surface area contributed by atoms with E-state index in [0.717, 1.165) is 44.4 Å². The van der Waals surface area contributed by atoms with Gasteiger partial charge in [-0.1, -0.05) is 72.8 Å². The first-order valence-electron chi connectivity index (χ1n) is 13.1. The molecular formula is C34H22N6O. The number of hydrogen-bond donors (Lipinski definition) is 0. The van der Waals surface area contributed by atoms with Crippen molar-refractivity contribution >= 4 is 16.7 Å². The maximum absolute atomic E-state index is 14.0. The standard InChI is InChI=1S/C34H22N6O/c41-34(24-9-5-2-6-10-24)30-16-26(28-19-37-22-38-20-28)12-14-32(30)40-33(23-7-3-1-4-8-23)29-15-25(11-13-31(29)39-40)27-17-35-21-36-18-27/h1-22H. The van der Waals surface area contributed by atoms with E-state index < -0.39 is 0 Å². The number of nitrogens with zero attached hydrogens (tertiary/aromatic N) is 6. The lowest BCUT2D eigenvalue weighted by Crippen LogP contribution is -2.10. The molecule has 0 amide bonds. The normalized spacial score (nSPS) is 11.0. The predicted octanol–water partition coefficient (Wildman–Crippen LogP) is 6.84. The Kier molecular flexibility index (Phi) is 6.14. The molecule has 0 radical (unpaired) electrons. The van der Waals surface area contributed by atoms with Gasteiger partial charge in [-0.05, 0) is 35.4 Å². The molecule has 0 aliphatic rings. The van der Waals surface area contributed by atoms with Crippen molar-refractivity contribution < 1.29 is 4.79 Å². The first kappa shape index (κ1) is 24.2. The van der Waals surface area contributed by atoms with Crippen LogP contribution in [0.3, 0.4) is 0 Å². The van der Waals surface area contributed by atoms with Gasteiger partial charge in [0.15, 0.2) is 5.78 Å². The van der Waals surface area contributed by atoms with Crippen LogP contribution in [0, 0.1) is 0 Å². The van der Waals surface area contributed by atoms with E-state index >= 15 is 0 Å². The molecule has 7 aromatic rings. The number of ketones is 1. The summed E-state index contributed by atoms with van der Waals surface area (Å²) in [6.07, 6.45) is 10.1. The van der Waals surface area contributed by atoms with Crippen LogP contribution in [0.25, 0.3) is 50.1 Å². The molecule has 7 rings (SSSR count). The van der Waals surface area contributed by atoms with E-state index in [1.807, 2.05) is 83.5 Å². The summed E-state index contributed by atoms with van der Waals surface area (Å²) >= 11 is 0. The first-order valence-corrected chi connectivity index (χ1v) is 13.1. The van der Waals surface area contributed by atoms with Crippen molar-refractivity contribution in [1.29, 1.82) is 0 Å². The van der Waals surface area contributed by atoms with Gasteiger partial charge in [0.2, 0.25) is 0 Å². The van der Waals surface area contributed by atoms with E-state index in [4.69, 9.17) is 5.10 Å². The van der Waals surface area contributed by atoms with Crippen LogP contribution in [0.15, 0.2) is 135 Å². The van der Waals surface area contributed by atoms with Crippen molar-refractivity contribution in [1.82, 2.24) is 29.7 Å². The Labute approximate surface area is 235 Å². The summed E-state index contributed by atoms with van der Waals surface area (Å²) in [7, 11) is 0. The molecule has 4 aromatic carbocycles. The molecule has 0 spiro atoms. The highest BCUT2D eigenvalue weighted by Crippen LogP contribution is 2.36. The average molecular weight is 531 g/mol. The summed E-state index contributed by atoms with van der Waals surface area (Å²) in [5.41, 5.74) is 8.04. The van der Waals surface area contributed by atoms with E-state index in [2.05, 4.69) is 38.1 Å². The Balaban J connectivity index is 1.49. The Morgan fingerprint density at radius 3 is 1.80 bits per heavy atom. The Hall–Kier alpha value is -5.82. The maximum Gasteiger partial charge on any atom is 0.195 e. The third-order valence-electron chi connectivity index (χ3n) is 7.01. The van der Waals surface area contributed by atoms with Crippen LogP contribution in [0.2, 0.25) is 0 Å². The second-order valence-corrected chi connectivity index (χ2v) is 9.54. The summed E-state index contributed by atoms with van der Waals surface area (Å²) in [5, 5.41) is 6.00. The minimum atomic E-state index is -0.0972. The molecule has 0 aliphatic carbocycles. The Morgan fingerprint density at radius 1 is 0.561 bits per heavy atom. The summed E-state index contributed by atoms with van der Waals surface area (Å²) in [4.78, 5) is 30.8. The van der Waals surface area contributed by atoms with Crippen molar-refractivity contribution in [3.8, 4) is 39.2 Å². The largest absolute Gasteiger partial charge is 0.289 e. The number of hydrogen-bond acceptors (Lipinski definition) is 6. The topological polar surface area (TPSA) is 86.5 Å². The first-order chi connectivity index (χ1) is 20.3. The fourth-order valence-corrected chi connectivity index (χ4v) is 5.04. The van der Waals surface area contributed by atoms with Gasteiger partial charge in [-0.3, -0.25) is 4.79 Å². The van der Waals surface area contributed by atoms with Crippen LogP contribution in [-0.2, 0) is 0 Å². The average Bonchev–Trinajstić information content (AvgIpc) is 3.44. The lowest BCUT2D eigenvalue weighted by atomic mass is 9.97. The lowest BCUT2D eigenvalue weighted by Gasteiger charge is -2.15. The van der Waals surface area contributed by atoms with Crippen LogP contribution in [0.1, 0.15) is 15.9 Å². The van der Waals surface area contributed by atoms with Crippen LogP contribution in [0.5, 0.6) is 0 Å². The van der Waals surface area contributed by atoms with Gasteiger partial charge in [-0.15, -0.1) is 0 Å². The molecule has 0 atom stereocenters. The molecule has 0 unspecified atom stereocenters. The lowest BCUT2D eigenvalue weighted by molar-refractivity contribution is 0.103. The monoisotopic (exact) mass is 530 g/mol. The fourth-order valence-electron chi connectivity index (χ4n) is 5.04. The van der Waals surface area contributed by atoms with Gasteiger partial charge in [-0.25, -0.2) is 24.6 Å². The summed E-state index contributed by atoms with van der Waals surface area (Å²) in [6.45, 7) is 0. The quantitative estimate of drug-likeness (QED) is 0.219. The molecule has 3 heterocycles. The van der Waals surface area contributed by atoms with Crippen molar-refractivity contribution in [2.24, 2.45) is 0 Å². The number of aromatic nitrogens is 6. The van der Waals surface area contributed by atoms with Crippen molar-refractivity contribution in [2.75, 3.05) is 0 Å². The highest BCUT2D eigenvalue weighted by molar-refractivity contribution is 6.12. The molecule has 0 saturated heterocycles. The zero-order valence-corrected chi connectivity index (χ0v) is 21.8. The summed E-state index contributed by atoms with van der Waals surface area (Å²) in [6, 6.07) is 31.3.